The fourth-order valence-corrected chi connectivity index (χ4v) is 2.84. The van der Waals surface area contributed by atoms with Crippen LogP contribution in [0.1, 0.15) is 13.3 Å². The van der Waals surface area contributed by atoms with Gasteiger partial charge in [0.1, 0.15) is 15.4 Å². The Bertz CT molecular complexity index is 107. The highest BCUT2D eigenvalue weighted by Crippen LogP contribution is 2.01. The van der Waals surface area contributed by atoms with Crippen LogP contribution in [-0.2, 0) is 9.47 Å². The van der Waals surface area contributed by atoms with Gasteiger partial charge in [0.2, 0.25) is 0 Å². The van der Waals surface area contributed by atoms with Crippen LogP contribution in [0.2, 0.25) is 0 Å². The maximum Gasteiger partial charge on any atom is 0.135 e. The SMILES string of the molecule is CCC([SiH2]C(OC)OC)N(C)C. The minimum absolute atomic E-state index is 0.0670. The zero-order valence-electron chi connectivity index (χ0n) is 8.83. The molecule has 0 saturated carbocycles. The zero-order valence-corrected chi connectivity index (χ0v) is 10.2. The second-order valence-corrected chi connectivity index (χ2v) is 5.24. The Hall–Kier alpha value is 0.0969. The summed E-state index contributed by atoms with van der Waals surface area (Å²) in [4.78, 5) is 2.26. The summed E-state index contributed by atoms with van der Waals surface area (Å²) >= 11 is 0. The van der Waals surface area contributed by atoms with Gasteiger partial charge in [-0.3, -0.25) is 0 Å². The molecule has 0 radical (unpaired) electrons. The van der Waals surface area contributed by atoms with Crippen molar-refractivity contribution in [3.63, 3.8) is 0 Å². The van der Waals surface area contributed by atoms with Gasteiger partial charge in [-0.2, -0.15) is 0 Å². The average molecular weight is 191 g/mol. The van der Waals surface area contributed by atoms with Crippen LogP contribution in [0.3, 0.4) is 0 Å². The van der Waals surface area contributed by atoms with Crippen LogP contribution in [-0.4, -0.2) is 54.3 Å². The molecular weight excluding hydrogens is 170 g/mol. The predicted octanol–water partition coefficient (Wildman–Crippen LogP) is 0.0293. The molecule has 0 spiro atoms. The number of ether oxygens (including phenoxy) is 2. The van der Waals surface area contributed by atoms with Crippen molar-refractivity contribution in [1.82, 2.24) is 4.90 Å². The summed E-state index contributed by atoms with van der Waals surface area (Å²) in [5.74, 6) is 0.0670. The van der Waals surface area contributed by atoms with Crippen molar-refractivity contribution in [2.75, 3.05) is 28.3 Å². The molecule has 0 N–H and O–H groups in total. The van der Waals surface area contributed by atoms with E-state index in [1.807, 2.05) is 0 Å². The first-order chi connectivity index (χ1) is 5.65. The number of hydrogen-bond donors (Lipinski definition) is 0. The van der Waals surface area contributed by atoms with Gasteiger partial charge in [0, 0.05) is 19.9 Å². The third kappa shape index (κ3) is 4.20. The second kappa shape index (κ2) is 6.60. The Morgan fingerprint density at radius 2 is 1.75 bits per heavy atom. The monoisotopic (exact) mass is 191 g/mol. The van der Waals surface area contributed by atoms with E-state index in [0.29, 0.717) is 5.67 Å². The van der Waals surface area contributed by atoms with E-state index in [0.717, 1.165) is 0 Å². The number of hydrogen-bond acceptors (Lipinski definition) is 3. The first kappa shape index (κ1) is 12.1. The van der Waals surface area contributed by atoms with E-state index in [1.165, 1.54) is 6.42 Å². The zero-order chi connectivity index (χ0) is 9.56. The van der Waals surface area contributed by atoms with E-state index in [9.17, 15) is 0 Å². The second-order valence-electron chi connectivity index (χ2n) is 3.16. The van der Waals surface area contributed by atoms with Crippen LogP contribution in [0.4, 0.5) is 0 Å². The minimum atomic E-state index is -0.327. The molecule has 0 aromatic rings. The van der Waals surface area contributed by atoms with Gasteiger partial charge in [-0.1, -0.05) is 6.92 Å². The molecule has 1 atom stereocenters. The van der Waals surface area contributed by atoms with E-state index >= 15 is 0 Å². The lowest BCUT2D eigenvalue weighted by Gasteiger charge is -2.25. The van der Waals surface area contributed by atoms with Crippen LogP contribution < -0.4 is 0 Å². The molecule has 74 valence electrons. The van der Waals surface area contributed by atoms with Gasteiger partial charge in [0.25, 0.3) is 0 Å². The van der Waals surface area contributed by atoms with Crippen molar-refractivity contribution in [3.8, 4) is 0 Å². The van der Waals surface area contributed by atoms with Crippen LogP contribution in [0.15, 0.2) is 0 Å². The molecule has 3 nitrogen and oxygen atoms in total. The minimum Gasteiger partial charge on any atom is -0.360 e. The van der Waals surface area contributed by atoms with Crippen molar-refractivity contribution in [2.45, 2.75) is 24.9 Å². The molecule has 0 fully saturated rings. The molecule has 0 amide bonds. The highest BCUT2D eigenvalue weighted by molar-refractivity contribution is 6.38. The van der Waals surface area contributed by atoms with Crippen LogP contribution >= 0.6 is 0 Å². The molecule has 4 heteroatoms. The van der Waals surface area contributed by atoms with Gasteiger partial charge < -0.3 is 14.4 Å². The Kier molecular flexibility index (Phi) is 6.65. The van der Waals surface area contributed by atoms with E-state index in [4.69, 9.17) is 9.47 Å². The van der Waals surface area contributed by atoms with Crippen molar-refractivity contribution in [3.05, 3.63) is 0 Å². The molecule has 0 aliphatic carbocycles. The molecule has 0 aromatic carbocycles. The quantitative estimate of drug-likeness (QED) is 0.437. The number of rotatable bonds is 6. The summed E-state index contributed by atoms with van der Waals surface area (Å²) in [5.41, 5.74) is 0.676. The van der Waals surface area contributed by atoms with Crippen molar-refractivity contribution in [1.29, 1.82) is 0 Å². The molecule has 0 heterocycles. The Morgan fingerprint density at radius 1 is 1.25 bits per heavy atom. The normalized spacial score (nSPS) is 15.2. The molecule has 0 aliphatic heterocycles. The Labute approximate surface area is 77.9 Å². The molecule has 0 bridgehead atoms. The molecule has 0 aromatic heterocycles. The first-order valence-electron chi connectivity index (χ1n) is 4.37. The van der Waals surface area contributed by atoms with Crippen LogP contribution in [0, 0.1) is 0 Å². The smallest absolute Gasteiger partial charge is 0.135 e. The maximum absolute atomic E-state index is 5.19. The van der Waals surface area contributed by atoms with Crippen molar-refractivity contribution < 1.29 is 9.47 Å². The Morgan fingerprint density at radius 3 is 2.00 bits per heavy atom. The summed E-state index contributed by atoms with van der Waals surface area (Å²) in [5, 5.41) is 0. The van der Waals surface area contributed by atoms with Gasteiger partial charge in [0.15, 0.2) is 0 Å². The summed E-state index contributed by atoms with van der Waals surface area (Å²) in [7, 11) is 7.33. The highest BCUT2D eigenvalue weighted by atomic mass is 28.2. The van der Waals surface area contributed by atoms with Crippen LogP contribution in [0.25, 0.3) is 0 Å². The standard InChI is InChI=1S/C8H21NO2Si/c1-6-7(9(2)3)12-8(10-4)11-5/h7-8H,6,12H2,1-5H3. The van der Waals surface area contributed by atoms with Gasteiger partial charge in [-0.05, 0) is 20.5 Å². The van der Waals surface area contributed by atoms with Crippen molar-refractivity contribution >= 4 is 9.52 Å². The van der Waals surface area contributed by atoms with Gasteiger partial charge in [-0.25, -0.2) is 0 Å². The number of methoxy groups -OCH3 is 2. The van der Waals surface area contributed by atoms with Crippen LogP contribution in [0.5, 0.6) is 0 Å². The molecule has 0 aliphatic rings. The van der Waals surface area contributed by atoms with Gasteiger partial charge in [-0.15, -0.1) is 0 Å². The van der Waals surface area contributed by atoms with E-state index in [1.54, 1.807) is 14.2 Å². The maximum atomic E-state index is 5.19. The third-order valence-electron chi connectivity index (χ3n) is 2.19. The summed E-state index contributed by atoms with van der Waals surface area (Å²) in [6, 6.07) is 0. The largest absolute Gasteiger partial charge is 0.360 e. The first-order valence-corrected chi connectivity index (χ1v) is 6.01. The van der Waals surface area contributed by atoms with E-state index in [2.05, 4.69) is 25.9 Å². The lowest BCUT2D eigenvalue weighted by molar-refractivity contribution is -0.0459. The molecule has 1 unspecified atom stereocenters. The molecule has 12 heavy (non-hydrogen) atoms. The summed E-state index contributed by atoms with van der Waals surface area (Å²) in [6.07, 6.45) is 1.18. The van der Waals surface area contributed by atoms with Crippen molar-refractivity contribution in [2.24, 2.45) is 0 Å². The lowest BCUT2D eigenvalue weighted by Crippen LogP contribution is -2.40. The van der Waals surface area contributed by atoms with E-state index in [-0.39, 0.29) is 15.4 Å². The fraction of sp³-hybridized carbons (Fsp3) is 1.00. The topological polar surface area (TPSA) is 21.7 Å². The van der Waals surface area contributed by atoms with E-state index < -0.39 is 0 Å². The summed E-state index contributed by atoms with van der Waals surface area (Å²) in [6.45, 7) is 2.21. The average Bonchev–Trinajstić information content (AvgIpc) is 2.06. The molecule has 0 rings (SSSR count). The molecule has 0 saturated heterocycles. The third-order valence-corrected chi connectivity index (χ3v) is 5.10. The van der Waals surface area contributed by atoms with Gasteiger partial charge in [0.05, 0.1) is 0 Å². The lowest BCUT2D eigenvalue weighted by atomic mass is 10.4. The predicted molar refractivity (Wildman–Crippen MR) is 54.1 cm³/mol. The molecular formula is C8H21NO2Si. The van der Waals surface area contributed by atoms with Gasteiger partial charge >= 0.3 is 0 Å². The highest BCUT2D eigenvalue weighted by Gasteiger charge is 2.16. The Balaban J connectivity index is 3.82. The number of nitrogens with zero attached hydrogens (tertiary/aromatic N) is 1. The fourth-order valence-electron chi connectivity index (χ4n) is 1.25. The summed E-state index contributed by atoms with van der Waals surface area (Å²) < 4.78 is 10.4.